The molecule has 1 atom stereocenters. The number of nitrogens with zero attached hydrogens (tertiary/aromatic N) is 1. The lowest BCUT2D eigenvalue weighted by Crippen LogP contribution is -2.27. The van der Waals surface area contributed by atoms with E-state index >= 15 is 0 Å². The number of nitrogens with one attached hydrogen (secondary N) is 1. The Hall–Kier alpha value is -3.19. The molecule has 3 aromatic rings. The van der Waals surface area contributed by atoms with E-state index in [9.17, 15) is 13.2 Å². The number of aliphatic carboxylic acids is 1. The summed E-state index contributed by atoms with van der Waals surface area (Å²) >= 11 is 0. The first-order valence-corrected chi connectivity index (χ1v) is 10.4. The van der Waals surface area contributed by atoms with Gasteiger partial charge in [-0.15, -0.1) is 0 Å². The number of rotatable bonds is 5. The topological polar surface area (TPSA) is 62.2 Å². The Bertz CT molecular complexity index is 1020. The van der Waals surface area contributed by atoms with E-state index in [0.29, 0.717) is 0 Å². The van der Waals surface area contributed by atoms with Gasteiger partial charge in [0.05, 0.1) is 0 Å². The maximum absolute atomic E-state index is 10.6. The zero-order valence-corrected chi connectivity index (χ0v) is 17.5. The standard InChI is InChI=1S/C23H24N2.C2HF3O2/c1-2-6-22-15-19(8-9-20(22)5-1)17-25-16-18-4-3-7-23(14-18)21-10-12-24-13-11-21;3-2(4,5)1(6)7/h1-7,10-14,19,25H,8-9,15-17H2;(H,6,7). The second-order valence-electron chi connectivity index (χ2n) is 7.75. The lowest BCUT2D eigenvalue weighted by molar-refractivity contribution is -0.192. The highest BCUT2D eigenvalue weighted by atomic mass is 19.4. The Labute approximate surface area is 185 Å². The summed E-state index contributed by atoms with van der Waals surface area (Å²) in [6, 6.07) is 21.8. The quantitative estimate of drug-likeness (QED) is 0.565. The number of fused-ring (bicyclic) bond motifs is 1. The van der Waals surface area contributed by atoms with Crippen molar-refractivity contribution in [2.24, 2.45) is 5.92 Å². The average Bonchev–Trinajstić information content (AvgIpc) is 2.80. The van der Waals surface area contributed by atoms with Crippen LogP contribution in [0.1, 0.15) is 23.1 Å². The molecular weight excluding hydrogens is 417 g/mol. The summed E-state index contributed by atoms with van der Waals surface area (Å²) in [6.45, 7) is 2.02. The van der Waals surface area contributed by atoms with E-state index in [1.807, 2.05) is 12.4 Å². The second-order valence-corrected chi connectivity index (χ2v) is 7.75. The fourth-order valence-electron chi connectivity index (χ4n) is 3.77. The molecule has 32 heavy (non-hydrogen) atoms. The van der Waals surface area contributed by atoms with Crippen LogP contribution in [0, 0.1) is 5.92 Å². The molecule has 0 bridgehead atoms. The van der Waals surface area contributed by atoms with Gasteiger partial charge in [0.1, 0.15) is 0 Å². The molecule has 0 saturated heterocycles. The van der Waals surface area contributed by atoms with Crippen LogP contribution >= 0.6 is 0 Å². The second kappa shape index (κ2) is 10.9. The number of alkyl halides is 3. The monoisotopic (exact) mass is 442 g/mol. The summed E-state index contributed by atoms with van der Waals surface area (Å²) < 4.78 is 31.7. The van der Waals surface area contributed by atoms with Crippen molar-refractivity contribution in [3.63, 3.8) is 0 Å². The molecule has 4 rings (SSSR count). The van der Waals surface area contributed by atoms with E-state index in [-0.39, 0.29) is 0 Å². The molecule has 0 fully saturated rings. The molecule has 0 amide bonds. The van der Waals surface area contributed by atoms with Gasteiger partial charge in [0, 0.05) is 18.9 Å². The molecule has 1 unspecified atom stereocenters. The first-order chi connectivity index (χ1) is 15.3. The predicted molar refractivity (Wildman–Crippen MR) is 117 cm³/mol. The van der Waals surface area contributed by atoms with Gasteiger partial charge in [0.25, 0.3) is 0 Å². The number of aromatic nitrogens is 1. The minimum Gasteiger partial charge on any atom is -0.475 e. The van der Waals surface area contributed by atoms with Gasteiger partial charge in [0.2, 0.25) is 0 Å². The largest absolute Gasteiger partial charge is 0.490 e. The molecule has 168 valence electrons. The molecule has 2 N–H and O–H groups in total. The normalized spacial score (nSPS) is 15.3. The van der Waals surface area contributed by atoms with E-state index < -0.39 is 12.1 Å². The minimum absolute atomic E-state index is 0.748. The van der Waals surface area contributed by atoms with E-state index in [2.05, 4.69) is 71.0 Å². The van der Waals surface area contributed by atoms with Crippen molar-refractivity contribution in [1.29, 1.82) is 0 Å². The Morgan fingerprint density at radius 2 is 1.69 bits per heavy atom. The van der Waals surface area contributed by atoms with Crippen molar-refractivity contribution in [3.8, 4) is 11.1 Å². The lowest BCUT2D eigenvalue weighted by Gasteiger charge is -2.24. The molecular formula is C25H25F3N2O2. The van der Waals surface area contributed by atoms with Crippen LogP contribution in [0.3, 0.4) is 0 Å². The van der Waals surface area contributed by atoms with Crippen LogP contribution < -0.4 is 5.32 Å². The Morgan fingerprint density at radius 1 is 1.00 bits per heavy atom. The number of halogens is 3. The SMILES string of the molecule is O=C(O)C(F)(F)F.c1cc(CNCC2CCc3ccccc3C2)cc(-c2ccncc2)c1. The third-order valence-electron chi connectivity index (χ3n) is 5.39. The number of carboxylic acid groups (broad SMARTS) is 1. The van der Waals surface area contributed by atoms with Crippen molar-refractivity contribution in [1.82, 2.24) is 10.3 Å². The van der Waals surface area contributed by atoms with Gasteiger partial charge in [-0.3, -0.25) is 4.98 Å². The van der Waals surface area contributed by atoms with Crippen LogP contribution in [-0.4, -0.2) is 28.8 Å². The zero-order chi connectivity index (χ0) is 23.0. The van der Waals surface area contributed by atoms with Gasteiger partial charge >= 0.3 is 12.1 Å². The third kappa shape index (κ3) is 6.92. The first-order valence-electron chi connectivity index (χ1n) is 10.4. The number of aryl methyl sites for hydroxylation is 1. The Kier molecular flexibility index (Phi) is 8.00. The zero-order valence-electron chi connectivity index (χ0n) is 17.5. The highest BCUT2D eigenvalue weighted by Crippen LogP contribution is 2.25. The maximum Gasteiger partial charge on any atom is 0.490 e. The Balaban J connectivity index is 0.000000360. The number of carboxylic acids is 1. The third-order valence-corrected chi connectivity index (χ3v) is 5.39. The molecule has 7 heteroatoms. The lowest BCUT2D eigenvalue weighted by atomic mass is 9.84. The van der Waals surface area contributed by atoms with Crippen molar-refractivity contribution < 1.29 is 23.1 Å². The first kappa shape index (κ1) is 23.5. The maximum atomic E-state index is 10.6. The van der Waals surface area contributed by atoms with Crippen molar-refractivity contribution in [2.45, 2.75) is 32.0 Å². The number of carbonyl (C=O) groups is 1. The highest BCUT2D eigenvalue weighted by Gasteiger charge is 2.38. The minimum atomic E-state index is -5.08. The van der Waals surface area contributed by atoms with Gasteiger partial charge < -0.3 is 10.4 Å². The van der Waals surface area contributed by atoms with Gasteiger partial charge in [-0.25, -0.2) is 4.79 Å². The summed E-state index contributed by atoms with van der Waals surface area (Å²) in [5.41, 5.74) is 6.91. The van der Waals surface area contributed by atoms with Crippen molar-refractivity contribution in [2.75, 3.05) is 6.54 Å². The molecule has 0 spiro atoms. The molecule has 1 aliphatic carbocycles. The molecule has 1 aromatic heterocycles. The van der Waals surface area contributed by atoms with Crippen molar-refractivity contribution in [3.05, 3.63) is 89.7 Å². The smallest absolute Gasteiger partial charge is 0.475 e. The number of benzene rings is 2. The van der Waals surface area contributed by atoms with Crippen LogP contribution in [0.25, 0.3) is 11.1 Å². The van der Waals surface area contributed by atoms with Gasteiger partial charge in [-0.1, -0.05) is 42.5 Å². The summed E-state index contributed by atoms with van der Waals surface area (Å²) in [5, 5.41) is 10.8. The van der Waals surface area contributed by atoms with Crippen molar-refractivity contribution >= 4 is 5.97 Å². The van der Waals surface area contributed by atoms with E-state index in [1.54, 1.807) is 11.1 Å². The van der Waals surface area contributed by atoms with E-state index in [0.717, 1.165) is 19.0 Å². The van der Waals surface area contributed by atoms with Gasteiger partial charge in [-0.2, -0.15) is 13.2 Å². The van der Waals surface area contributed by atoms with Gasteiger partial charge in [-0.05, 0) is 77.7 Å². The summed E-state index contributed by atoms with van der Waals surface area (Å²) in [5.74, 6) is -2.01. The van der Waals surface area contributed by atoms with Gasteiger partial charge in [0.15, 0.2) is 0 Å². The molecule has 4 nitrogen and oxygen atoms in total. The molecule has 2 aromatic carbocycles. The molecule has 0 aliphatic heterocycles. The summed E-state index contributed by atoms with van der Waals surface area (Å²) in [6.07, 6.45) is 2.34. The van der Waals surface area contributed by atoms with Crippen LogP contribution in [0.15, 0.2) is 73.1 Å². The van der Waals surface area contributed by atoms with Crippen LogP contribution in [0.4, 0.5) is 13.2 Å². The van der Waals surface area contributed by atoms with E-state index in [4.69, 9.17) is 9.90 Å². The number of hydrogen-bond acceptors (Lipinski definition) is 3. The predicted octanol–water partition coefficient (Wildman–Crippen LogP) is 5.28. The molecule has 0 saturated carbocycles. The summed E-state index contributed by atoms with van der Waals surface area (Å²) in [4.78, 5) is 13.0. The molecule has 1 aliphatic rings. The molecule has 1 heterocycles. The Morgan fingerprint density at radius 3 is 2.38 bits per heavy atom. The summed E-state index contributed by atoms with van der Waals surface area (Å²) in [7, 11) is 0. The average molecular weight is 442 g/mol. The van der Waals surface area contributed by atoms with E-state index in [1.165, 1.54) is 36.0 Å². The van der Waals surface area contributed by atoms with Crippen LogP contribution in [-0.2, 0) is 24.2 Å². The number of pyridine rings is 1. The van der Waals surface area contributed by atoms with Crippen LogP contribution in [0.2, 0.25) is 0 Å². The highest BCUT2D eigenvalue weighted by molar-refractivity contribution is 5.73. The number of hydrogen-bond donors (Lipinski definition) is 2. The van der Waals surface area contributed by atoms with Crippen LogP contribution in [0.5, 0.6) is 0 Å². The molecule has 0 radical (unpaired) electrons. The fourth-order valence-corrected chi connectivity index (χ4v) is 3.77. The fraction of sp³-hybridized carbons (Fsp3) is 0.280.